The molecule has 98 valence electrons. The summed E-state index contributed by atoms with van der Waals surface area (Å²) in [7, 11) is 0. The molecular weight excluding hydrogens is 336 g/mol. The second-order valence-electron chi connectivity index (χ2n) is 3.90. The molecular formula is C11H5NNa2O5S2. The van der Waals surface area contributed by atoms with Gasteiger partial charge in [-0.2, -0.15) is 0 Å². The number of benzene rings is 2. The Morgan fingerprint density at radius 3 is 2.19 bits per heavy atom. The third-order valence-corrected chi connectivity index (χ3v) is 4.31. The molecule has 0 fully saturated rings. The standard InChI is InChI=1S/C11H7NO5S2.2Na/c13-11-6-3-1-2-5-7(18(14)15)4-8(19(16)17)10(12-11)9(5)6;;/h1-4H,(H,12,13)(H,14,15)(H,16,17);;/q;2*+1/p-2. The zero-order valence-electron chi connectivity index (χ0n) is 11.2. The summed E-state index contributed by atoms with van der Waals surface area (Å²) in [5.74, 6) is -0.443. The predicted molar refractivity (Wildman–Crippen MR) is 66.3 cm³/mol. The molecule has 1 aliphatic rings. The van der Waals surface area contributed by atoms with Crippen LogP contribution in [0.25, 0.3) is 10.8 Å². The normalized spacial score (nSPS) is 14.9. The van der Waals surface area contributed by atoms with Crippen molar-refractivity contribution in [3.8, 4) is 0 Å². The number of carbonyl (C=O) groups excluding carboxylic acids is 1. The maximum Gasteiger partial charge on any atom is 1.00 e. The van der Waals surface area contributed by atoms with Crippen LogP contribution in [0.5, 0.6) is 0 Å². The molecule has 2 atom stereocenters. The second kappa shape index (κ2) is 7.31. The van der Waals surface area contributed by atoms with Gasteiger partial charge in [0.1, 0.15) is 0 Å². The van der Waals surface area contributed by atoms with E-state index in [1.165, 1.54) is 12.1 Å². The van der Waals surface area contributed by atoms with Crippen molar-refractivity contribution < 1.29 is 81.4 Å². The fraction of sp³-hybridized carbons (Fsp3) is 0. The summed E-state index contributed by atoms with van der Waals surface area (Å²) >= 11 is -5.24. The zero-order valence-corrected chi connectivity index (χ0v) is 16.8. The van der Waals surface area contributed by atoms with Crippen molar-refractivity contribution in [2.75, 3.05) is 5.32 Å². The van der Waals surface area contributed by atoms with E-state index in [-0.39, 0.29) is 80.2 Å². The quantitative estimate of drug-likeness (QED) is 0.434. The van der Waals surface area contributed by atoms with Crippen LogP contribution in [-0.4, -0.2) is 23.4 Å². The molecule has 0 saturated heterocycles. The van der Waals surface area contributed by atoms with Gasteiger partial charge in [0, 0.05) is 15.8 Å². The first-order chi connectivity index (χ1) is 9.00. The fourth-order valence-electron chi connectivity index (χ4n) is 2.18. The molecule has 1 N–H and O–H groups in total. The van der Waals surface area contributed by atoms with Crippen LogP contribution >= 0.6 is 0 Å². The van der Waals surface area contributed by atoms with Crippen LogP contribution in [0.2, 0.25) is 0 Å². The summed E-state index contributed by atoms with van der Waals surface area (Å²) in [5.41, 5.74) is 0.407. The van der Waals surface area contributed by atoms with Gasteiger partial charge in [-0.3, -0.25) is 13.2 Å². The van der Waals surface area contributed by atoms with Crippen molar-refractivity contribution in [3.05, 3.63) is 29.8 Å². The molecule has 1 amide bonds. The van der Waals surface area contributed by atoms with Gasteiger partial charge in [-0.1, -0.05) is 12.1 Å². The zero-order chi connectivity index (χ0) is 13.7. The first-order valence-electron chi connectivity index (χ1n) is 5.10. The Kier molecular flexibility index (Phi) is 6.76. The number of amides is 1. The Morgan fingerprint density at radius 1 is 1.00 bits per heavy atom. The molecule has 6 nitrogen and oxygen atoms in total. The van der Waals surface area contributed by atoms with Gasteiger partial charge in [0.25, 0.3) is 5.91 Å². The van der Waals surface area contributed by atoms with E-state index in [0.717, 1.165) is 6.07 Å². The van der Waals surface area contributed by atoms with Crippen LogP contribution in [0.4, 0.5) is 5.69 Å². The summed E-state index contributed by atoms with van der Waals surface area (Å²) in [4.78, 5) is 11.4. The van der Waals surface area contributed by atoms with Crippen LogP contribution in [0.3, 0.4) is 0 Å². The molecule has 1 aliphatic heterocycles. The third-order valence-electron chi connectivity index (χ3n) is 2.93. The average Bonchev–Trinajstić information content (AvgIpc) is 2.68. The molecule has 2 aromatic carbocycles. The molecule has 0 aromatic heterocycles. The van der Waals surface area contributed by atoms with E-state index in [1.54, 1.807) is 6.07 Å². The summed E-state index contributed by atoms with van der Waals surface area (Å²) in [6.45, 7) is 0. The molecule has 0 aliphatic carbocycles. The third kappa shape index (κ3) is 3.20. The van der Waals surface area contributed by atoms with Crippen molar-refractivity contribution >= 4 is 44.5 Å². The monoisotopic (exact) mass is 341 g/mol. The van der Waals surface area contributed by atoms with Gasteiger partial charge in [-0.25, -0.2) is 0 Å². The van der Waals surface area contributed by atoms with Crippen molar-refractivity contribution in [2.24, 2.45) is 0 Å². The van der Waals surface area contributed by atoms with Gasteiger partial charge in [-0.05, 0) is 39.7 Å². The largest absolute Gasteiger partial charge is 1.00 e. The Morgan fingerprint density at radius 2 is 1.62 bits per heavy atom. The Labute approximate surface area is 169 Å². The van der Waals surface area contributed by atoms with E-state index < -0.39 is 28.1 Å². The van der Waals surface area contributed by atoms with E-state index in [9.17, 15) is 22.3 Å². The van der Waals surface area contributed by atoms with Crippen LogP contribution < -0.4 is 64.4 Å². The topological polar surface area (TPSA) is 109 Å². The Bertz CT molecular complexity index is 796. The molecule has 0 bridgehead atoms. The van der Waals surface area contributed by atoms with Gasteiger partial charge in [-0.15, -0.1) is 0 Å². The molecule has 0 radical (unpaired) electrons. The molecule has 0 spiro atoms. The maximum atomic E-state index is 11.7. The number of anilines is 1. The fourth-order valence-corrected chi connectivity index (χ4v) is 3.35. The number of hydrogen-bond acceptors (Lipinski definition) is 5. The van der Waals surface area contributed by atoms with E-state index in [4.69, 9.17) is 0 Å². The van der Waals surface area contributed by atoms with E-state index in [0.29, 0.717) is 10.8 Å². The maximum absolute atomic E-state index is 11.7. The molecule has 2 unspecified atom stereocenters. The van der Waals surface area contributed by atoms with E-state index >= 15 is 0 Å². The molecule has 2 aromatic rings. The van der Waals surface area contributed by atoms with E-state index in [1.807, 2.05) is 0 Å². The van der Waals surface area contributed by atoms with Gasteiger partial charge in [0.05, 0.1) is 10.6 Å². The predicted octanol–water partition coefficient (Wildman–Crippen LogP) is -5.11. The summed E-state index contributed by atoms with van der Waals surface area (Å²) < 4.78 is 44.8. The number of carbonyl (C=O) groups is 1. The van der Waals surface area contributed by atoms with Gasteiger partial charge in [0.2, 0.25) is 0 Å². The molecule has 3 rings (SSSR count). The minimum Gasteiger partial charge on any atom is -0.768 e. The first-order valence-corrected chi connectivity index (χ1v) is 7.25. The van der Waals surface area contributed by atoms with Crippen LogP contribution in [0.1, 0.15) is 10.4 Å². The first kappa shape index (κ1) is 19.4. The van der Waals surface area contributed by atoms with Crippen molar-refractivity contribution in [3.63, 3.8) is 0 Å². The summed E-state index contributed by atoms with van der Waals surface area (Å²) in [6.07, 6.45) is 0. The van der Waals surface area contributed by atoms with Gasteiger partial charge >= 0.3 is 59.1 Å². The number of rotatable bonds is 2. The number of nitrogens with one attached hydrogen (secondary N) is 1. The summed E-state index contributed by atoms with van der Waals surface area (Å²) in [5, 5.41) is 3.11. The second-order valence-corrected chi connectivity index (χ2v) is 5.72. The molecule has 0 saturated carbocycles. The van der Waals surface area contributed by atoms with Crippen LogP contribution in [-0.2, 0) is 22.2 Å². The van der Waals surface area contributed by atoms with Crippen molar-refractivity contribution in [1.29, 1.82) is 0 Å². The van der Waals surface area contributed by atoms with Gasteiger partial charge < -0.3 is 14.4 Å². The SMILES string of the molecule is O=C1Nc2c(S(=O)[O-])cc(S(=O)[O-])c3cccc1c23.[Na+].[Na+]. The summed E-state index contributed by atoms with van der Waals surface area (Å²) in [6, 6.07) is 5.64. The number of hydrogen-bond donors (Lipinski definition) is 1. The van der Waals surface area contributed by atoms with Gasteiger partial charge in [0.15, 0.2) is 0 Å². The smallest absolute Gasteiger partial charge is 0.768 e. The molecule has 10 heteroatoms. The Hall–Kier alpha value is 0.390. The van der Waals surface area contributed by atoms with Crippen LogP contribution in [0.15, 0.2) is 34.1 Å². The molecule has 1 heterocycles. The average molecular weight is 341 g/mol. The molecule has 21 heavy (non-hydrogen) atoms. The van der Waals surface area contributed by atoms with E-state index in [2.05, 4.69) is 5.32 Å². The Balaban J connectivity index is 0.00000110. The minimum absolute atomic E-state index is 0. The van der Waals surface area contributed by atoms with Crippen LogP contribution in [0, 0.1) is 0 Å². The minimum atomic E-state index is -2.64. The van der Waals surface area contributed by atoms with Crippen molar-refractivity contribution in [1.82, 2.24) is 0 Å². The van der Waals surface area contributed by atoms with Crippen molar-refractivity contribution in [2.45, 2.75) is 9.79 Å².